The predicted octanol–water partition coefficient (Wildman–Crippen LogP) is 5.21. The van der Waals surface area contributed by atoms with E-state index in [1.807, 2.05) is 25.1 Å². The third kappa shape index (κ3) is 4.22. The van der Waals surface area contributed by atoms with Gasteiger partial charge in [0.25, 0.3) is 0 Å². The zero-order valence-corrected chi connectivity index (χ0v) is 12.2. The van der Waals surface area contributed by atoms with E-state index in [0.29, 0.717) is 17.1 Å². The standard InChI is InChI=1S/C16H15ClF3N/c1-11(14-7-2-3-8-15(14)17)21-10-12-5-4-6-13(9-12)16(18,19)20/h2-9,11,21H,10H2,1H3/t11-/m1/s1. The molecule has 0 fully saturated rings. The van der Waals surface area contributed by atoms with E-state index in [1.165, 1.54) is 6.07 Å². The molecule has 0 spiro atoms. The Labute approximate surface area is 126 Å². The molecule has 0 aliphatic rings. The van der Waals surface area contributed by atoms with Crippen LogP contribution in [0.2, 0.25) is 5.02 Å². The van der Waals surface area contributed by atoms with Crippen molar-refractivity contribution in [2.24, 2.45) is 0 Å². The van der Waals surface area contributed by atoms with Gasteiger partial charge in [-0.05, 0) is 30.2 Å². The van der Waals surface area contributed by atoms with Crippen molar-refractivity contribution in [3.05, 3.63) is 70.2 Å². The van der Waals surface area contributed by atoms with Gasteiger partial charge in [-0.25, -0.2) is 0 Å². The minimum Gasteiger partial charge on any atom is -0.306 e. The highest BCUT2D eigenvalue weighted by Crippen LogP contribution is 2.29. The van der Waals surface area contributed by atoms with E-state index in [-0.39, 0.29) is 6.04 Å². The smallest absolute Gasteiger partial charge is 0.306 e. The maximum Gasteiger partial charge on any atom is 0.416 e. The summed E-state index contributed by atoms with van der Waals surface area (Å²) in [7, 11) is 0. The van der Waals surface area contributed by atoms with Crippen LogP contribution < -0.4 is 5.32 Å². The highest BCUT2D eigenvalue weighted by molar-refractivity contribution is 6.31. The maximum absolute atomic E-state index is 12.6. The summed E-state index contributed by atoms with van der Waals surface area (Å²) in [6.45, 7) is 2.27. The van der Waals surface area contributed by atoms with E-state index in [1.54, 1.807) is 12.1 Å². The summed E-state index contributed by atoms with van der Waals surface area (Å²) in [5.41, 5.74) is 0.877. The molecule has 5 heteroatoms. The zero-order chi connectivity index (χ0) is 15.5. The molecule has 2 aromatic carbocycles. The lowest BCUT2D eigenvalue weighted by Gasteiger charge is -2.16. The first-order chi connectivity index (χ1) is 9.88. The van der Waals surface area contributed by atoms with Crippen LogP contribution in [0.25, 0.3) is 0 Å². The molecule has 1 atom stereocenters. The minimum absolute atomic E-state index is 0.0479. The lowest BCUT2D eigenvalue weighted by molar-refractivity contribution is -0.137. The van der Waals surface area contributed by atoms with Crippen LogP contribution in [0.15, 0.2) is 48.5 Å². The molecule has 0 aromatic heterocycles. The molecular formula is C16H15ClF3N. The van der Waals surface area contributed by atoms with Crippen molar-refractivity contribution in [3.63, 3.8) is 0 Å². The van der Waals surface area contributed by atoms with Gasteiger partial charge in [0.2, 0.25) is 0 Å². The molecule has 0 bridgehead atoms. The Morgan fingerprint density at radius 1 is 1.10 bits per heavy atom. The van der Waals surface area contributed by atoms with Gasteiger partial charge in [0.05, 0.1) is 5.56 Å². The number of nitrogens with one attached hydrogen (secondary N) is 1. The molecule has 0 aliphatic carbocycles. The van der Waals surface area contributed by atoms with E-state index in [2.05, 4.69) is 5.32 Å². The lowest BCUT2D eigenvalue weighted by atomic mass is 10.1. The Hall–Kier alpha value is -1.52. The summed E-state index contributed by atoms with van der Waals surface area (Å²) in [5.74, 6) is 0. The molecule has 0 amide bonds. The Bertz CT molecular complexity index is 610. The number of benzene rings is 2. The van der Waals surface area contributed by atoms with Gasteiger partial charge in [0, 0.05) is 17.6 Å². The van der Waals surface area contributed by atoms with Gasteiger partial charge < -0.3 is 5.32 Å². The monoisotopic (exact) mass is 313 g/mol. The Kier molecular flexibility index (Phi) is 4.91. The molecular weight excluding hydrogens is 299 g/mol. The molecule has 0 unspecified atom stereocenters. The Balaban J connectivity index is 2.05. The first-order valence-corrected chi connectivity index (χ1v) is 6.89. The fourth-order valence-corrected chi connectivity index (χ4v) is 2.36. The maximum atomic E-state index is 12.6. The van der Waals surface area contributed by atoms with E-state index >= 15 is 0 Å². The van der Waals surface area contributed by atoms with Gasteiger partial charge in [0.1, 0.15) is 0 Å². The van der Waals surface area contributed by atoms with Crippen LogP contribution in [-0.2, 0) is 12.7 Å². The third-order valence-corrected chi connectivity index (χ3v) is 3.58. The van der Waals surface area contributed by atoms with Crippen molar-refractivity contribution < 1.29 is 13.2 Å². The lowest BCUT2D eigenvalue weighted by Crippen LogP contribution is -2.18. The van der Waals surface area contributed by atoms with Crippen molar-refractivity contribution in [2.45, 2.75) is 25.7 Å². The van der Waals surface area contributed by atoms with Gasteiger partial charge in [-0.3, -0.25) is 0 Å². The van der Waals surface area contributed by atoms with Crippen LogP contribution in [0.5, 0.6) is 0 Å². The van der Waals surface area contributed by atoms with E-state index in [0.717, 1.165) is 17.7 Å². The topological polar surface area (TPSA) is 12.0 Å². The quantitative estimate of drug-likeness (QED) is 0.817. The van der Waals surface area contributed by atoms with Crippen LogP contribution in [0.1, 0.15) is 29.7 Å². The molecule has 0 radical (unpaired) electrons. The van der Waals surface area contributed by atoms with Crippen molar-refractivity contribution in [1.29, 1.82) is 0 Å². The second-order valence-electron chi connectivity index (χ2n) is 4.82. The Morgan fingerprint density at radius 2 is 1.81 bits per heavy atom. The summed E-state index contributed by atoms with van der Waals surface area (Å²) >= 11 is 6.10. The number of rotatable bonds is 4. The molecule has 2 rings (SSSR count). The number of alkyl halides is 3. The highest BCUT2D eigenvalue weighted by Gasteiger charge is 2.30. The van der Waals surface area contributed by atoms with Crippen molar-refractivity contribution in [1.82, 2.24) is 5.32 Å². The predicted molar refractivity (Wildman–Crippen MR) is 78.2 cm³/mol. The van der Waals surface area contributed by atoms with Gasteiger partial charge in [0.15, 0.2) is 0 Å². The fraction of sp³-hybridized carbons (Fsp3) is 0.250. The second kappa shape index (κ2) is 6.50. The molecule has 0 saturated heterocycles. The molecule has 0 aliphatic heterocycles. The van der Waals surface area contributed by atoms with Gasteiger partial charge in [-0.15, -0.1) is 0 Å². The molecule has 0 heterocycles. The zero-order valence-electron chi connectivity index (χ0n) is 11.4. The Morgan fingerprint density at radius 3 is 2.48 bits per heavy atom. The fourth-order valence-electron chi connectivity index (χ4n) is 2.06. The summed E-state index contributed by atoms with van der Waals surface area (Å²) in [5, 5.41) is 3.82. The van der Waals surface area contributed by atoms with E-state index in [4.69, 9.17) is 11.6 Å². The summed E-state index contributed by atoms with van der Waals surface area (Å²) in [6.07, 6.45) is -4.32. The molecule has 0 saturated carbocycles. The van der Waals surface area contributed by atoms with Crippen LogP contribution in [0.3, 0.4) is 0 Å². The molecule has 1 N–H and O–H groups in total. The number of hydrogen-bond donors (Lipinski definition) is 1. The first kappa shape index (κ1) is 15.9. The highest BCUT2D eigenvalue weighted by atomic mass is 35.5. The molecule has 112 valence electrons. The first-order valence-electron chi connectivity index (χ1n) is 6.52. The largest absolute Gasteiger partial charge is 0.416 e. The number of halogens is 4. The van der Waals surface area contributed by atoms with Gasteiger partial charge >= 0.3 is 6.18 Å². The van der Waals surface area contributed by atoms with Crippen LogP contribution in [-0.4, -0.2) is 0 Å². The summed E-state index contributed by atoms with van der Waals surface area (Å²) in [6, 6.07) is 12.7. The van der Waals surface area contributed by atoms with Gasteiger partial charge in [-0.2, -0.15) is 13.2 Å². The van der Waals surface area contributed by atoms with E-state index in [9.17, 15) is 13.2 Å². The minimum atomic E-state index is -4.32. The van der Waals surface area contributed by atoms with Crippen molar-refractivity contribution in [2.75, 3.05) is 0 Å². The van der Waals surface area contributed by atoms with Crippen LogP contribution >= 0.6 is 11.6 Å². The SMILES string of the molecule is C[C@@H](NCc1cccc(C(F)(F)F)c1)c1ccccc1Cl. The number of hydrogen-bond acceptors (Lipinski definition) is 1. The van der Waals surface area contributed by atoms with Gasteiger partial charge in [-0.1, -0.05) is 48.0 Å². The second-order valence-corrected chi connectivity index (χ2v) is 5.23. The molecule has 21 heavy (non-hydrogen) atoms. The molecule has 1 nitrogen and oxygen atoms in total. The average Bonchev–Trinajstić information content (AvgIpc) is 2.45. The van der Waals surface area contributed by atoms with Crippen molar-refractivity contribution >= 4 is 11.6 Å². The van der Waals surface area contributed by atoms with Crippen LogP contribution in [0.4, 0.5) is 13.2 Å². The third-order valence-electron chi connectivity index (χ3n) is 3.24. The van der Waals surface area contributed by atoms with Crippen LogP contribution in [0, 0.1) is 0 Å². The average molecular weight is 314 g/mol. The summed E-state index contributed by atoms with van der Waals surface area (Å²) < 4.78 is 37.9. The normalized spacial score (nSPS) is 13.2. The molecule has 2 aromatic rings. The van der Waals surface area contributed by atoms with E-state index < -0.39 is 11.7 Å². The van der Waals surface area contributed by atoms with Crippen molar-refractivity contribution in [3.8, 4) is 0 Å². The summed E-state index contributed by atoms with van der Waals surface area (Å²) in [4.78, 5) is 0.